The average Bonchev–Trinajstić information content (AvgIpc) is 3.14. The number of nitrogens with zero attached hydrogens (tertiary/aromatic N) is 5. The van der Waals surface area contributed by atoms with Crippen LogP contribution in [0.5, 0.6) is 0 Å². The third-order valence-corrected chi connectivity index (χ3v) is 6.93. The number of aryl methyl sites for hydroxylation is 2. The van der Waals surface area contributed by atoms with E-state index in [0.717, 1.165) is 21.3 Å². The molecule has 0 radical (unpaired) electrons. The van der Waals surface area contributed by atoms with Crippen molar-refractivity contribution in [2.75, 3.05) is 7.05 Å². The highest BCUT2D eigenvalue weighted by Crippen LogP contribution is 2.43. The Labute approximate surface area is 201 Å². The van der Waals surface area contributed by atoms with E-state index in [2.05, 4.69) is 0 Å². The molecule has 2 bridgehead atoms. The van der Waals surface area contributed by atoms with Crippen molar-refractivity contribution in [1.29, 1.82) is 0 Å². The Kier molecular flexibility index (Phi) is 4.38. The van der Waals surface area contributed by atoms with Gasteiger partial charge < -0.3 is 4.90 Å². The molecule has 4 aromatic rings. The maximum absolute atomic E-state index is 14.1. The van der Waals surface area contributed by atoms with Crippen LogP contribution < -0.4 is 11.4 Å². The highest BCUT2D eigenvalue weighted by atomic mass is 16.2. The lowest BCUT2D eigenvalue weighted by atomic mass is 9.84. The Hall–Kier alpha value is -4.46. The predicted molar refractivity (Wildman–Crippen MR) is 132 cm³/mol. The van der Waals surface area contributed by atoms with Gasteiger partial charge in [0.15, 0.2) is 0 Å². The van der Waals surface area contributed by atoms with Gasteiger partial charge in [-0.3, -0.25) is 4.79 Å². The lowest BCUT2D eigenvalue weighted by molar-refractivity contribution is -0.146. The van der Waals surface area contributed by atoms with Crippen molar-refractivity contribution in [3.63, 3.8) is 0 Å². The summed E-state index contributed by atoms with van der Waals surface area (Å²) >= 11 is 0. The van der Waals surface area contributed by atoms with Crippen molar-refractivity contribution in [3.05, 3.63) is 122 Å². The molecule has 0 saturated heterocycles. The summed E-state index contributed by atoms with van der Waals surface area (Å²) in [7, 11) is 1.67. The molecule has 8 heteroatoms. The largest absolute Gasteiger partial charge is 0.354 e. The molecule has 0 aliphatic carbocycles. The second-order valence-corrected chi connectivity index (χ2v) is 9.05. The van der Waals surface area contributed by atoms with E-state index in [1.807, 2.05) is 68.4 Å². The van der Waals surface area contributed by atoms with Gasteiger partial charge in [-0.05, 0) is 26.0 Å². The van der Waals surface area contributed by atoms with Gasteiger partial charge in [-0.1, -0.05) is 77.9 Å². The van der Waals surface area contributed by atoms with Crippen LogP contribution in [0.3, 0.4) is 0 Å². The Morgan fingerprint density at radius 3 is 2.00 bits per heavy atom. The van der Waals surface area contributed by atoms with Gasteiger partial charge in [0.1, 0.15) is 0 Å². The van der Waals surface area contributed by atoms with E-state index in [0.29, 0.717) is 17.0 Å². The summed E-state index contributed by atoms with van der Waals surface area (Å²) < 4.78 is 3.71. The lowest BCUT2D eigenvalue weighted by Gasteiger charge is -2.51. The molecule has 0 N–H and O–H groups in total. The fraction of sp³-hybridized carbons (Fsp3) is 0.185. The monoisotopic (exact) mass is 465 g/mol. The van der Waals surface area contributed by atoms with E-state index in [1.54, 1.807) is 36.2 Å². The zero-order valence-corrected chi connectivity index (χ0v) is 19.5. The molecule has 2 atom stereocenters. The molecule has 8 nitrogen and oxygen atoms in total. The SMILES string of the molecule is Cc1ccc(C2=N[C@H]3C(=O)N(C)[C@]2(c2ccc(C)cc2)n2c(=O)n(-c4ccccc4)c(=O)n23)cc1. The maximum Gasteiger partial charge on any atom is 0.354 e. The van der Waals surface area contributed by atoms with Gasteiger partial charge in [-0.25, -0.2) is 19.1 Å². The Bertz CT molecular complexity index is 1630. The topological polar surface area (TPSA) is 81.6 Å². The standard InChI is InChI=1S/C27H23N5O3/c1-17-9-13-19(14-10-17)22-27(20-15-11-18(2)12-16-20)29(3)24(33)23(28-22)31-25(34)30(26(35)32(27)31)21-7-5-4-6-8-21/h4-16,23H,1-3H3/t23-,27-/m1/s1. The van der Waals surface area contributed by atoms with E-state index in [9.17, 15) is 14.4 Å². The van der Waals surface area contributed by atoms with E-state index in [1.165, 1.54) is 9.36 Å². The first-order chi connectivity index (χ1) is 16.9. The minimum Gasteiger partial charge on any atom is -0.308 e. The second-order valence-electron chi connectivity index (χ2n) is 9.05. The number of fused-ring (bicyclic) bond motifs is 1. The first-order valence-corrected chi connectivity index (χ1v) is 11.4. The normalized spacial score (nSPS) is 20.7. The van der Waals surface area contributed by atoms with Crippen LogP contribution in [0.2, 0.25) is 0 Å². The molecule has 0 unspecified atom stereocenters. The molecule has 3 aliphatic heterocycles. The number of hydrogen-bond donors (Lipinski definition) is 0. The van der Waals surface area contributed by atoms with Crippen LogP contribution in [-0.4, -0.2) is 37.5 Å². The van der Waals surface area contributed by atoms with Gasteiger partial charge in [0, 0.05) is 18.2 Å². The summed E-state index contributed by atoms with van der Waals surface area (Å²) in [6.07, 6.45) is -1.17. The van der Waals surface area contributed by atoms with E-state index in [-0.39, 0.29) is 5.91 Å². The molecular formula is C27H23N5O3. The highest BCUT2D eigenvalue weighted by molar-refractivity contribution is 6.12. The molecule has 0 fully saturated rings. The summed E-state index contributed by atoms with van der Waals surface area (Å²) in [4.78, 5) is 47.7. The first-order valence-electron chi connectivity index (χ1n) is 11.4. The van der Waals surface area contributed by atoms with Crippen LogP contribution in [0.1, 0.15) is 28.4 Å². The molecule has 4 heterocycles. The summed E-state index contributed by atoms with van der Waals surface area (Å²) in [6, 6.07) is 24.2. The smallest absolute Gasteiger partial charge is 0.308 e. The number of carbonyl (C=O) groups is 1. The van der Waals surface area contributed by atoms with Gasteiger partial charge >= 0.3 is 11.4 Å². The molecule has 3 aliphatic rings. The molecule has 0 saturated carbocycles. The zero-order valence-electron chi connectivity index (χ0n) is 19.5. The molecule has 174 valence electrons. The van der Waals surface area contributed by atoms with Gasteiger partial charge in [0.2, 0.25) is 11.8 Å². The second kappa shape index (κ2) is 7.27. The fourth-order valence-corrected chi connectivity index (χ4v) is 5.15. The molecule has 7 rings (SSSR count). The molecule has 1 amide bonds. The van der Waals surface area contributed by atoms with Crippen molar-refractivity contribution in [2.45, 2.75) is 25.7 Å². The number of rotatable bonds is 3. The Balaban J connectivity index is 1.76. The summed E-state index contributed by atoms with van der Waals surface area (Å²) in [5.74, 6) is -0.353. The van der Waals surface area contributed by atoms with Crippen LogP contribution in [0.25, 0.3) is 5.69 Å². The van der Waals surface area contributed by atoms with Gasteiger partial charge in [0.05, 0.1) is 11.4 Å². The van der Waals surface area contributed by atoms with Crippen LogP contribution in [0.4, 0.5) is 0 Å². The first kappa shape index (κ1) is 21.1. The number of benzene rings is 3. The van der Waals surface area contributed by atoms with Crippen molar-refractivity contribution < 1.29 is 4.79 Å². The van der Waals surface area contributed by atoms with Crippen LogP contribution in [0.15, 0.2) is 93.4 Å². The Morgan fingerprint density at radius 1 is 0.771 bits per heavy atom. The van der Waals surface area contributed by atoms with Crippen molar-refractivity contribution in [2.24, 2.45) is 4.99 Å². The zero-order chi connectivity index (χ0) is 24.5. The van der Waals surface area contributed by atoms with Crippen molar-refractivity contribution >= 4 is 11.6 Å². The molecule has 1 aromatic heterocycles. The molecule has 0 spiro atoms. The number of carbonyl (C=O) groups excluding carboxylic acids is 1. The summed E-state index contributed by atoms with van der Waals surface area (Å²) in [6.45, 7) is 3.96. The number of hydrogen-bond acceptors (Lipinski definition) is 4. The highest BCUT2D eigenvalue weighted by Gasteiger charge is 2.59. The number of aromatic nitrogens is 3. The van der Waals surface area contributed by atoms with Crippen LogP contribution in [-0.2, 0) is 10.5 Å². The minimum atomic E-state index is -1.44. The minimum absolute atomic E-state index is 0.353. The van der Waals surface area contributed by atoms with Crippen molar-refractivity contribution in [1.82, 2.24) is 18.8 Å². The van der Waals surface area contributed by atoms with Gasteiger partial charge in [0.25, 0.3) is 5.91 Å². The van der Waals surface area contributed by atoms with Crippen LogP contribution >= 0.6 is 0 Å². The van der Waals surface area contributed by atoms with Gasteiger partial charge in [-0.2, -0.15) is 9.36 Å². The number of likely N-dealkylation sites (N-methyl/N-ethyl adjacent to an activating group) is 1. The number of aliphatic imine (C=N–C) groups is 1. The number of amides is 1. The molecule has 3 aromatic carbocycles. The fourth-order valence-electron chi connectivity index (χ4n) is 5.15. The Morgan fingerprint density at radius 2 is 1.37 bits per heavy atom. The van der Waals surface area contributed by atoms with Crippen molar-refractivity contribution in [3.8, 4) is 5.69 Å². The maximum atomic E-state index is 14.1. The third kappa shape index (κ3) is 2.67. The summed E-state index contributed by atoms with van der Waals surface area (Å²) in [5, 5.41) is 0. The van der Waals surface area contributed by atoms with E-state index in [4.69, 9.17) is 4.99 Å². The average molecular weight is 466 g/mol. The quantitative estimate of drug-likeness (QED) is 0.466. The predicted octanol–water partition coefficient (Wildman–Crippen LogP) is 2.59. The third-order valence-electron chi connectivity index (χ3n) is 6.93. The molecule has 35 heavy (non-hydrogen) atoms. The lowest BCUT2D eigenvalue weighted by Crippen LogP contribution is -2.70. The summed E-state index contributed by atoms with van der Waals surface area (Å²) in [5.41, 5.74) is 1.95. The van der Waals surface area contributed by atoms with E-state index < -0.39 is 23.2 Å². The van der Waals surface area contributed by atoms with Crippen LogP contribution in [0, 0.1) is 13.8 Å². The number of para-hydroxylation sites is 1. The van der Waals surface area contributed by atoms with E-state index >= 15 is 0 Å². The molecular weight excluding hydrogens is 442 g/mol. The van der Waals surface area contributed by atoms with Gasteiger partial charge in [-0.15, -0.1) is 0 Å².